The van der Waals surface area contributed by atoms with Gasteiger partial charge in [-0.05, 0) is 60.9 Å². The van der Waals surface area contributed by atoms with Gasteiger partial charge >= 0.3 is 0 Å². The number of carbonyl (C=O) groups excluding carboxylic acids is 1. The second-order valence-electron chi connectivity index (χ2n) is 6.84. The lowest BCUT2D eigenvalue weighted by molar-refractivity contribution is -0.116. The van der Waals surface area contributed by atoms with Crippen LogP contribution in [0.25, 0.3) is 22.2 Å². The number of nitrogens with zero attached hydrogens (tertiary/aromatic N) is 3. The van der Waals surface area contributed by atoms with Crippen LogP contribution in [0, 0.1) is 25.5 Å². The molecule has 2 aromatic carbocycles. The number of fused-ring (bicyclic) bond motifs is 1. The molecule has 0 saturated heterocycles. The number of amides is 1. The van der Waals surface area contributed by atoms with Crippen molar-refractivity contribution in [2.75, 3.05) is 5.32 Å². The van der Waals surface area contributed by atoms with Crippen LogP contribution in [0.3, 0.4) is 0 Å². The fraction of sp³-hybridized carbons (Fsp3) is 0.136. The summed E-state index contributed by atoms with van der Waals surface area (Å²) in [5.41, 5.74) is 3.87. The van der Waals surface area contributed by atoms with Crippen LogP contribution in [0.15, 0.2) is 54.7 Å². The van der Waals surface area contributed by atoms with Gasteiger partial charge < -0.3 is 5.32 Å². The third kappa shape index (κ3) is 3.71. The van der Waals surface area contributed by atoms with Crippen molar-refractivity contribution in [2.45, 2.75) is 20.4 Å². The van der Waals surface area contributed by atoms with Gasteiger partial charge in [-0.1, -0.05) is 18.2 Å². The molecule has 0 aliphatic heterocycles. The highest BCUT2D eigenvalue weighted by molar-refractivity contribution is 5.96. The zero-order valence-electron chi connectivity index (χ0n) is 15.9. The molecule has 146 valence electrons. The van der Waals surface area contributed by atoms with Gasteiger partial charge in [-0.15, -0.1) is 0 Å². The number of anilines is 1. The summed E-state index contributed by atoms with van der Waals surface area (Å²) in [4.78, 5) is 16.9. The number of aromatic nitrogens is 3. The van der Waals surface area contributed by atoms with Crippen LogP contribution in [0.2, 0.25) is 0 Å². The van der Waals surface area contributed by atoms with Crippen molar-refractivity contribution in [3.05, 3.63) is 77.6 Å². The highest BCUT2D eigenvalue weighted by atomic mass is 19.1. The number of hydrogen-bond acceptors (Lipinski definition) is 3. The molecule has 0 unspecified atom stereocenters. The Balaban J connectivity index is 1.67. The number of halogens is 2. The van der Waals surface area contributed by atoms with Gasteiger partial charge in [0.1, 0.15) is 18.2 Å². The number of nitrogens with one attached hydrogen (secondary N) is 1. The molecule has 7 heteroatoms. The number of hydrogen-bond donors (Lipinski definition) is 1. The Morgan fingerprint density at radius 1 is 1.07 bits per heavy atom. The SMILES string of the molecule is Cc1ccc(F)c(NC(=O)Cn2nc(C)c3c(-c4ccc(F)cc4)ccnc32)c1. The molecule has 0 bridgehead atoms. The van der Waals surface area contributed by atoms with E-state index in [4.69, 9.17) is 0 Å². The van der Waals surface area contributed by atoms with Crippen LogP contribution in [0.5, 0.6) is 0 Å². The quantitative estimate of drug-likeness (QED) is 0.551. The highest BCUT2D eigenvalue weighted by Crippen LogP contribution is 2.30. The maximum Gasteiger partial charge on any atom is 0.246 e. The van der Waals surface area contributed by atoms with E-state index in [1.165, 1.54) is 22.9 Å². The molecule has 1 amide bonds. The highest BCUT2D eigenvalue weighted by Gasteiger charge is 2.16. The van der Waals surface area contributed by atoms with E-state index in [9.17, 15) is 13.6 Å². The fourth-order valence-electron chi connectivity index (χ4n) is 3.32. The second-order valence-corrected chi connectivity index (χ2v) is 6.84. The van der Waals surface area contributed by atoms with Crippen molar-refractivity contribution in [1.82, 2.24) is 14.8 Å². The molecular formula is C22H18F2N4O. The first kappa shape index (κ1) is 18.7. The zero-order chi connectivity index (χ0) is 20.5. The van der Waals surface area contributed by atoms with E-state index >= 15 is 0 Å². The van der Waals surface area contributed by atoms with Crippen molar-refractivity contribution >= 4 is 22.6 Å². The third-order valence-electron chi connectivity index (χ3n) is 4.65. The Hall–Kier alpha value is -3.61. The predicted molar refractivity (Wildman–Crippen MR) is 107 cm³/mol. The first-order valence-electron chi connectivity index (χ1n) is 9.06. The van der Waals surface area contributed by atoms with Crippen LogP contribution in [-0.2, 0) is 11.3 Å². The lowest BCUT2D eigenvalue weighted by atomic mass is 10.0. The molecule has 0 spiro atoms. The average molecular weight is 392 g/mol. The van der Waals surface area contributed by atoms with E-state index in [-0.39, 0.29) is 18.0 Å². The Labute approximate surface area is 166 Å². The summed E-state index contributed by atoms with van der Waals surface area (Å²) >= 11 is 0. The summed E-state index contributed by atoms with van der Waals surface area (Å²) in [6, 6.07) is 12.5. The molecule has 0 fully saturated rings. The molecule has 0 saturated carbocycles. The molecule has 4 aromatic rings. The number of pyridine rings is 1. The summed E-state index contributed by atoms with van der Waals surface area (Å²) in [5.74, 6) is -1.22. The molecule has 4 rings (SSSR count). The standard InChI is InChI=1S/C22H18F2N4O/c1-13-3-8-18(24)19(11-13)26-20(29)12-28-22-21(14(2)27-28)17(9-10-25-22)15-4-6-16(23)7-5-15/h3-11H,12H2,1-2H3,(H,26,29). The Kier molecular flexibility index (Phi) is 4.80. The minimum Gasteiger partial charge on any atom is -0.322 e. The van der Waals surface area contributed by atoms with Crippen molar-refractivity contribution < 1.29 is 13.6 Å². The summed E-state index contributed by atoms with van der Waals surface area (Å²) in [6.45, 7) is 3.53. The average Bonchev–Trinajstić information content (AvgIpc) is 3.01. The predicted octanol–water partition coefficient (Wildman–Crippen LogP) is 4.63. The minimum absolute atomic E-state index is 0.113. The third-order valence-corrected chi connectivity index (χ3v) is 4.65. The van der Waals surface area contributed by atoms with Crippen LogP contribution < -0.4 is 5.32 Å². The fourth-order valence-corrected chi connectivity index (χ4v) is 3.32. The largest absolute Gasteiger partial charge is 0.322 e. The van der Waals surface area contributed by atoms with Crippen molar-refractivity contribution in [2.24, 2.45) is 0 Å². The Bertz CT molecular complexity index is 1220. The molecule has 0 radical (unpaired) electrons. The van der Waals surface area contributed by atoms with E-state index in [0.717, 1.165) is 22.1 Å². The van der Waals surface area contributed by atoms with Gasteiger partial charge in [-0.25, -0.2) is 18.4 Å². The molecular weight excluding hydrogens is 374 g/mol. The molecule has 0 aliphatic carbocycles. The zero-order valence-corrected chi connectivity index (χ0v) is 15.9. The van der Waals surface area contributed by atoms with Crippen molar-refractivity contribution in [3.8, 4) is 11.1 Å². The molecule has 0 aliphatic rings. The van der Waals surface area contributed by atoms with Crippen LogP contribution in [-0.4, -0.2) is 20.7 Å². The van der Waals surface area contributed by atoms with E-state index < -0.39 is 11.7 Å². The molecule has 29 heavy (non-hydrogen) atoms. The molecule has 1 N–H and O–H groups in total. The van der Waals surface area contributed by atoms with Crippen molar-refractivity contribution in [3.63, 3.8) is 0 Å². The summed E-state index contributed by atoms with van der Waals surface area (Å²) < 4.78 is 28.7. The van der Waals surface area contributed by atoms with Gasteiger partial charge in [-0.3, -0.25) is 4.79 Å². The molecule has 5 nitrogen and oxygen atoms in total. The monoisotopic (exact) mass is 392 g/mol. The summed E-state index contributed by atoms with van der Waals surface area (Å²) in [6.07, 6.45) is 1.62. The van der Waals surface area contributed by atoms with E-state index in [2.05, 4.69) is 15.4 Å². The van der Waals surface area contributed by atoms with Gasteiger partial charge in [0, 0.05) is 11.6 Å². The number of rotatable bonds is 4. The summed E-state index contributed by atoms with van der Waals surface area (Å²) in [7, 11) is 0. The number of carbonyl (C=O) groups is 1. The van der Waals surface area contributed by atoms with Gasteiger partial charge in [0.05, 0.1) is 11.4 Å². The lowest BCUT2D eigenvalue weighted by Gasteiger charge is -2.08. The summed E-state index contributed by atoms with van der Waals surface area (Å²) in [5, 5.41) is 7.81. The Morgan fingerprint density at radius 2 is 1.83 bits per heavy atom. The van der Waals surface area contributed by atoms with E-state index in [1.807, 2.05) is 19.9 Å². The maximum atomic E-state index is 13.9. The lowest BCUT2D eigenvalue weighted by Crippen LogP contribution is -2.20. The van der Waals surface area contributed by atoms with Crippen molar-refractivity contribution in [1.29, 1.82) is 0 Å². The van der Waals surface area contributed by atoms with E-state index in [1.54, 1.807) is 30.5 Å². The normalized spacial score (nSPS) is 11.0. The van der Waals surface area contributed by atoms with Crippen LogP contribution >= 0.6 is 0 Å². The molecule has 0 atom stereocenters. The van der Waals surface area contributed by atoms with Gasteiger partial charge in [0.25, 0.3) is 0 Å². The van der Waals surface area contributed by atoms with Crippen LogP contribution in [0.4, 0.5) is 14.5 Å². The number of benzene rings is 2. The molecule has 2 heterocycles. The van der Waals surface area contributed by atoms with Crippen LogP contribution in [0.1, 0.15) is 11.3 Å². The van der Waals surface area contributed by atoms with Gasteiger partial charge in [0.15, 0.2) is 5.65 Å². The van der Waals surface area contributed by atoms with Gasteiger partial charge in [-0.2, -0.15) is 5.10 Å². The smallest absolute Gasteiger partial charge is 0.246 e. The van der Waals surface area contributed by atoms with E-state index in [0.29, 0.717) is 11.3 Å². The van der Waals surface area contributed by atoms with Gasteiger partial charge in [0.2, 0.25) is 5.91 Å². The maximum absolute atomic E-state index is 13.9. The first-order valence-corrected chi connectivity index (χ1v) is 9.06. The minimum atomic E-state index is -0.498. The first-order chi connectivity index (χ1) is 13.9. The molecule has 2 aromatic heterocycles. The number of aryl methyl sites for hydroxylation is 2. The second kappa shape index (κ2) is 7.43. The topological polar surface area (TPSA) is 59.8 Å². The Morgan fingerprint density at radius 3 is 2.59 bits per heavy atom.